The lowest BCUT2D eigenvalue weighted by Crippen LogP contribution is -2.36. The fourth-order valence-electron chi connectivity index (χ4n) is 2.96. The van der Waals surface area contributed by atoms with Crippen molar-refractivity contribution in [3.63, 3.8) is 0 Å². The van der Waals surface area contributed by atoms with Gasteiger partial charge >= 0.3 is 0 Å². The van der Waals surface area contributed by atoms with Crippen LogP contribution in [0.2, 0.25) is 10.0 Å². The van der Waals surface area contributed by atoms with Gasteiger partial charge in [0.15, 0.2) is 0 Å². The summed E-state index contributed by atoms with van der Waals surface area (Å²) in [4.78, 5) is 12.2. The van der Waals surface area contributed by atoms with Crippen molar-refractivity contribution in [2.45, 2.75) is 25.3 Å². The first-order valence-corrected chi connectivity index (χ1v) is 7.32. The highest BCUT2D eigenvalue weighted by molar-refractivity contribution is 6.35. The van der Waals surface area contributed by atoms with Crippen LogP contribution < -0.4 is 10.6 Å². The summed E-state index contributed by atoms with van der Waals surface area (Å²) in [5.41, 5.74) is 0.872. The number of hydrogen-bond donors (Lipinski definition) is 2. The summed E-state index contributed by atoms with van der Waals surface area (Å²) in [6.07, 6.45) is 3.39. The second kappa shape index (κ2) is 4.97. The summed E-state index contributed by atoms with van der Waals surface area (Å²) in [7, 11) is 0. The molecule has 1 aliphatic carbocycles. The van der Waals surface area contributed by atoms with Crippen molar-refractivity contribution in [1.82, 2.24) is 10.6 Å². The third kappa shape index (κ3) is 2.73. The van der Waals surface area contributed by atoms with Crippen LogP contribution in [-0.4, -0.2) is 25.0 Å². The Morgan fingerprint density at radius 1 is 1.21 bits per heavy atom. The van der Waals surface area contributed by atoms with Crippen molar-refractivity contribution >= 4 is 29.1 Å². The molecule has 2 aliphatic rings. The molecular formula is C14H16Cl2N2O. The van der Waals surface area contributed by atoms with Crippen LogP contribution >= 0.6 is 23.2 Å². The number of nitrogens with one attached hydrogen (secondary N) is 2. The molecule has 1 atom stereocenters. The van der Waals surface area contributed by atoms with Gasteiger partial charge in [-0.3, -0.25) is 4.79 Å². The molecule has 1 amide bonds. The number of piperidine rings is 1. The zero-order valence-corrected chi connectivity index (χ0v) is 12.0. The van der Waals surface area contributed by atoms with E-state index in [0.717, 1.165) is 32.4 Å². The zero-order valence-electron chi connectivity index (χ0n) is 10.5. The maximum Gasteiger partial charge on any atom is 0.251 e. The minimum Gasteiger partial charge on any atom is -0.349 e. The zero-order chi connectivity index (χ0) is 13.5. The van der Waals surface area contributed by atoms with Crippen molar-refractivity contribution in [2.75, 3.05) is 13.1 Å². The summed E-state index contributed by atoms with van der Waals surface area (Å²) in [6, 6.07) is 5.24. The SMILES string of the molecule is O=C(N[C@H]1CC12CCNCC2)c1cc(Cl)cc(Cl)c1. The monoisotopic (exact) mass is 298 g/mol. The maximum atomic E-state index is 12.2. The number of halogens is 2. The highest BCUT2D eigenvalue weighted by Crippen LogP contribution is 2.52. The van der Waals surface area contributed by atoms with Gasteiger partial charge in [0.1, 0.15) is 0 Å². The van der Waals surface area contributed by atoms with Crippen molar-refractivity contribution in [3.8, 4) is 0 Å². The minimum absolute atomic E-state index is 0.0789. The van der Waals surface area contributed by atoms with E-state index in [4.69, 9.17) is 23.2 Å². The van der Waals surface area contributed by atoms with Gasteiger partial charge in [-0.15, -0.1) is 0 Å². The summed E-state index contributed by atoms with van der Waals surface area (Å²) in [5, 5.41) is 7.44. The Labute approximate surface area is 122 Å². The first kappa shape index (κ1) is 13.2. The molecule has 19 heavy (non-hydrogen) atoms. The predicted molar refractivity (Wildman–Crippen MR) is 76.9 cm³/mol. The quantitative estimate of drug-likeness (QED) is 0.881. The Kier molecular flexibility index (Phi) is 3.46. The molecule has 2 fully saturated rings. The molecule has 1 aromatic rings. The van der Waals surface area contributed by atoms with E-state index < -0.39 is 0 Å². The summed E-state index contributed by atoms with van der Waals surface area (Å²) in [5.74, 6) is -0.0789. The van der Waals surface area contributed by atoms with Crippen LogP contribution in [0.25, 0.3) is 0 Å². The van der Waals surface area contributed by atoms with Gasteiger partial charge in [-0.1, -0.05) is 23.2 Å². The fraction of sp³-hybridized carbons (Fsp3) is 0.500. The summed E-state index contributed by atoms with van der Waals surface area (Å²) in [6.45, 7) is 2.10. The third-order valence-corrected chi connectivity index (χ3v) is 4.66. The molecule has 5 heteroatoms. The summed E-state index contributed by atoms with van der Waals surface area (Å²) >= 11 is 11.8. The smallest absolute Gasteiger partial charge is 0.251 e. The number of benzene rings is 1. The number of rotatable bonds is 2. The third-order valence-electron chi connectivity index (χ3n) is 4.22. The second-order valence-corrected chi connectivity index (χ2v) is 6.37. The molecule has 0 aromatic heterocycles. The van der Waals surface area contributed by atoms with E-state index in [1.165, 1.54) is 0 Å². The van der Waals surface area contributed by atoms with Crippen LogP contribution in [0.15, 0.2) is 18.2 Å². The molecule has 0 bridgehead atoms. The molecule has 1 saturated carbocycles. The van der Waals surface area contributed by atoms with Crippen molar-refractivity contribution in [2.24, 2.45) is 5.41 Å². The van der Waals surface area contributed by atoms with Crippen LogP contribution in [0.1, 0.15) is 29.6 Å². The Bertz CT molecular complexity index is 492. The molecule has 3 rings (SSSR count). The molecule has 0 radical (unpaired) electrons. The molecule has 1 saturated heterocycles. The lowest BCUT2D eigenvalue weighted by atomic mass is 9.94. The highest BCUT2D eigenvalue weighted by Gasteiger charge is 2.54. The summed E-state index contributed by atoms with van der Waals surface area (Å²) < 4.78 is 0. The maximum absolute atomic E-state index is 12.2. The van der Waals surface area contributed by atoms with Crippen molar-refractivity contribution in [3.05, 3.63) is 33.8 Å². The van der Waals surface area contributed by atoms with Crippen LogP contribution in [-0.2, 0) is 0 Å². The van der Waals surface area contributed by atoms with Crippen LogP contribution in [0, 0.1) is 5.41 Å². The van der Waals surface area contributed by atoms with Crippen LogP contribution in [0.4, 0.5) is 0 Å². The van der Waals surface area contributed by atoms with Gasteiger partial charge < -0.3 is 10.6 Å². The van der Waals surface area contributed by atoms with Gasteiger partial charge in [0.2, 0.25) is 0 Å². The van der Waals surface area contributed by atoms with E-state index in [2.05, 4.69) is 10.6 Å². The molecular weight excluding hydrogens is 283 g/mol. The van der Waals surface area contributed by atoms with Gasteiger partial charge in [-0.05, 0) is 56.0 Å². The first-order chi connectivity index (χ1) is 9.09. The Balaban J connectivity index is 1.66. The Morgan fingerprint density at radius 2 is 1.84 bits per heavy atom. The molecule has 1 aliphatic heterocycles. The van der Waals surface area contributed by atoms with Crippen LogP contribution in [0.3, 0.4) is 0 Å². The molecule has 3 nitrogen and oxygen atoms in total. The fourth-order valence-corrected chi connectivity index (χ4v) is 3.48. The van der Waals surface area contributed by atoms with E-state index in [1.54, 1.807) is 18.2 Å². The van der Waals surface area contributed by atoms with E-state index in [9.17, 15) is 4.79 Å². The molecule has 0 unspecified atom stereocenters. The van der Waals surface area contributed by atoms with E-state index in [1.807, 2.05) is 0 Å². The average Bonchev–Trinajstić information content (AvgIpc) is 3.00. The van der Waals surface area contributed by atoms with E-state index in [-0.39, 0.29) is 5.91 Å². The second-order valence-electron chi connectivity index (χ2n) is 5.50. The number of carbonyl (C=O) groups is 1. The predicted octanol–water partition coefficient (Wildman–Crippen LogP) is 2.87. The van der Waals surface area contributed by atoms with Gasteiger partial charge in [0.25, 0.3) is 5.91 Å². The minimum atomic E-state index is -0.0789. The lowest BCUT2D eigenvalue weighted by molar-refractivity contribution is 0.0942. The molecule has 1 heterocycles. The number of amides is 1. The molecule has 2 N–H and O–H groups in total. The van der Waals surface area contributed by atoms with Crippen molar-refractivity contribution < 1.29 is 4.79 Å². The molecule has 102 valence electrons. The Hall–Kier alpha value is -0.770. The standard InChI is InChI=1S/C14H16Cl2N2O/c15-10-5-9(6-11(16)7-10)13(19)18-12-8-14(12)1-3-17-4-2-14/h5-7,12,17H,1-4,8H2,(H,18,19)/t12-/m0/s1. The number of carbonyl (C=O) groups excluding carboxylic acids is 1. The van der Waals surface area contributed by atoms with Gasteiger partial charge in [-0.25, -0.2) is 0 Å². The van der Waals surface area contributed by atoms with Crippen LogP contribution in [0.5, 0.6) is 0 Å². The van der Waals surface area contributed by atoms with E-state index in [0.29, 0.717) is 27.1 Å². The largest absolute Gasteiger partial charge is 0.349 e. The highest BCUT2D eigenvalue weighted by atomic mass is 35.5. The lowest BCUT2D eigenvalue weighted by Gasteiger charge is -2.23. The Morgan fingerprint density at radius 3 is 2.47 bits per heavy atom. The average molecular weight is 299 g/mol. The van der Waals surface area contributed by atoms with Gasteiger partial charge in [-0.2, -0.15) is 0 Å². The topological polar surface area (TPSA) is 41.1 Å². The molecule has 1 aromatic carbocycles. The van der Waals surface area contributed by atoms with E-state index >= 15 is 0 Å². The first-order valence-electron chi connectivity index (χ1n) is 6.57. The van der Waals surface area contributed by atoms with Crippen molar-refractivity contribution in [1.29, 1.82) is 0 Å². The molecule has 1 spiro atoms. The van der Waals surface area contributed by atoms with Gasteiger partial charge in [0, 0.05) is 21.7 Å². The van der Waals surface area contributed by atoms with Gasteiger partial charge in [0.05, 0.1) is 0 Å². The number of hydrogen-bond acceptors (Lipinski definition) is 2. The normalized spacial score (nSPS) is 24.2.